The van der Waals surface area contributed by atoms with Gasteiger partial charge in [-0.25, -0.2) is 0 Å². The van der Waals surface area contributed by atoms with Crippen molar-refractivity contribution in [3.63, 3.8) is 0 Å². The van der Waals surface area contributed by atoms with Gasteiger partial charge in [-0.1, -0.05) is 0 Å². The van der Waals surface area contributed by atoms with Gasteiger partial charge >= 0.3 is 5.97 Å². The van der Waals surface area contributed by atoms with Gasteiger partial charge in [-0.3, -0.25) is 4.79 Å². The fourth-order valence-corrected chi connectivity index (χ4v) is 0.607. The van der Waals surface area contributed by atoms with Gasteiger partial charge in [-0.05, 0) is 12.8 Å². The quantitative estimate of drug-likeness (QED) is 0.428. The van der Waals surface area contributed by atoms with E-state index in [1.807, 2.05) is 0 Å². The third kappa shape index (κ3) is 2.62. The zero-order valence-corrected chi connectivity index (χ0v) is 5.71. The molecule has 1 rings (SSSR count). The summed E-state index contributed by atoms with van der Waals surface area (Å²) in [4.78, 5) is 20.5. The molecule has 0 atom stereocenters. The summed E-state index contributed by atoms with van der Waals surface area (Å²) in [6.07, 6.45) is 3.40. The smallest absolute Gasteiger partial charge is 0.306 e. The molecule has 0 aliphatic heterocycles. The summed E-state index contributed by atoms with van der Waals surface area (Å²) in [6, 6.07) is 0. The number of rotatable bonds is 4. The van der Waals surface area contributed by atoms with Crippen LogP contribution in [-0.2, 0) is 14.3 Å². The Labute approximate surface area is 59.4 Å². The first-order chi connectivity index (χ1) is 4.83. The van der Waals surface area contributed by atoms with Crippen LogP contribution in [0.5, 0.6) is 0 Å². The molecule has 0 radical (unpaired) electrons. The van der Waals surface area contributed by atoms with Crippen LogP contribution in [-0.4, -0.2) is 18.4 Å². The zero-order valence-electron chi connectivity index (χ0n) is 5.71. The lowest BCUT2D eigenvalue weighted by atomic mass is 10.3. The maximum atomic E-state index is 10.7. The van der Waals surface area contributed by atoms with Crippen molar-refractivity contribution in [3.05, 3.63) is 0 Å². The molecule has 1 aliphatic rings. The topological polar surface area (TPSA) is 43.4 Å². The number of carbonyl (C=O) groups excluding carboxylic acids is 2. The molecule has 0 heterocycles. The molecule has 56 valence electrons. The number of hydrogen-bond acceptors (Lipinski definition) is 3. The van der Waals surface area contributed by atoms with Gasteiger partial charge in [0.15, 0.2) is 0 Å². The van der Waals surface area contributed by atoms with E-state index in [2.05, 4.69) is 0 Å². The fraction of sp³-hybridized carbons (Fsp3) is 0.714. The van der Waals surface area contributed by atoms with Crippen LogP contribution in [0.25, 0.3) is 0 Å². The molecule has 0 aromatic heterocycles. The number of hydrogen-bond donors (Lipinski definition) is 0. The molecule has 0 N–H and O–H groups in total. The molecular formula is C7H10O3. The Balaban J connectivity index is 2.02. The Bertz CT molecular complexity index is 138. The van der Waals surface area contributed by atoms with E-state index in [-0.39, 0.29) is 24.9 Å². The summed E-state index contributed by atoms with van der Waals surface area (Å²) in [5.41, 5.74) is 0. The van der Waals surface area contributed by atoms with Crippen LogP contribution in [0.2, 0.25) is 0 Å². The van der Waals surface area contributed by atoms with Gasteiger partial charge in [0, 0.05) is 6.42 Å². The van der Waals surface area contributed by atoms with Gasteiger partial charge < -0.3 is 9.53 Å². The minimum absolute atomic E-state index is 0.166. The molecule has 3 heteroatoms. The van der Waals surface area contributed by atoms with Gasteiger partial charge in [0.1, 0.15) is 12.4 Å². The molecule has 0 amide bonds. The van der Waals surface area contributed by atoms with Gasteiger partial charge in [0.25, 0.3) is 0 Å². The molecule has 0 unspecified atom stereocenters. The van der Waals surface area contributed by atoms with Gasteiger partial charge in [-0.2, -0.15) is 0 Å². The third-order valence-corrected chi connectivity index (χ3v) is 1.29. The molecule has 0 spiro atoms. The van der Waals surface area contributed by atoms with Crippen LogP contribution >= 0.6 is 0 Å². The van der Waals surface area contributed by atoms with E-state index in [0.717, 1.165) is 19.1 Å². The van der Waals surface area contributed by atoms with Crippen molar-refractivity contribution < 1.29 is 14.3 Å². The van der Waals surface area contributed by atoms with E-state index in [4.69, 9.17) is 4.74 Å². The molecule has 1 saturated carbocycles. The van der Waals surface area contributed by atoms with E-state index in [1.165, 1.54) is 0 Å². The molecule has 1 aliphatic carbocycles. The summed E-state index contributed by atoms with van der Waals surface area (Å²) in [5.74, 6) is -0.241. The second-order valence-corrected chi connectivity index (χ2v) is 2.39. The van der Waals surface area contributed by atoms with Crippen LogP contribution in [0.4, 0.5) is 0 Å². The highest BCUT2D eigenvalue weighted by Crippen LogP contribution is 2.23. The molecule has 3 nitrogen and oxygen atoms in total. The van der Waals surface area contributed by atoms with Gasteiger partial charge in [0.05, 0.1) is 6.42 Å². The van der Waals surface area contributed by atoms with Gasteiger partial charge in [0.2, 0.25) is 0 Å². The summed E-state index contributed by atoms with van der Waals surface area (Å²) < 4.78 is 4.87. The van der Waals surface area contributed by atoms with Crippen LogP contribution < -0.4 is 0 Å². The summed E-state index contributed by atoms with van der Waals surface area (Å²) in [5, 5.41) is 0. The first-order valence-corrected chi connectivity index (χ1v) is 3.46. The Morgan fingerprint density at radius 2 is 2.30 bits per heavy atom. The second-order valence-electron chi connectivity index (χ2n) is 2.39. The highest BCUT2D eigenvalue weighted by molar-refractivity contribution is 5.72. The Hall–Kier alpha value is -0.860. The molecule has 0 aromatic rings. The van der Waals surface area contributed by atoms with E-state index >= 15 is 0 Å². The van der Waals surface area contributed by atoms with Crippen molar-refractivity contribution in [1.82, 2.24) is 0 Å². The normalized spacial score (nSPS) is 16.4. The van der Waals surface area contributed by atoms with E-state index < -0.39 is 0 Å². The Morgan fingerprint density at radius 1 is 1.60 bits per heavy atom. The average molecular weight is 142 g/mol. The molecule has 0 bridgehead atoms. The van der Waals surface area contributed by atoms with Crippen molar-refractivity contribution in [2.75, 3.05) is 0 Å². The number of ether oxygens (including phenoxy) is 1. The summed E-state index contributed by atoms with van der Waals surface area (Å²) in [6.45, 7) is 0. The van der Waals surface area contributed by atoms with Crippen molar-refractivity contribution in [3.8, 4) is 0 Å². The lowest BCUT2D eigenvalue weighted by molar-refractivity contribution is -0.145. The van der Waals surface area contributed by atoms with Crippen molar-refractivity contribution in [1.29, 1.82) is 0 Å². The molecule has 0 aromatic carbocycles. The Kier molecular flexibility index (Phi) is 2.42. The lowest BCUT2D eigenvalue weighted by Crippen LogP contribution is -2.05. The fourth-order valence-electron chi connectivity index (χ4n) is 0.607. The molecular weight excluding hydrogens is 132 g/mol. The maximum absolute atomic E-state index is 10.7. The van der Waals surface area contributed by atoms with Crippen molar-refractivity contribution in [2.45, 2.75) is 31.8 Å². The van der Waals surface area contributed by atoms with Crippen LogP contribution in [0.3, 0.4) is 0 Å². The summed E-state index contributed by atoms with van der Waals surface area (Å²) in [7, 11) is 0. The first-order valence-electron chi connectivity index (χ1n) is 3.46. The van der Waals surface area contributed by atoms with Crippen LogP contribution in [0.1, 0.15) is 25.7 Å². The zero-order chi connectivity index (χ0) is 7.40. The number of esters is 1. The lowest BCUT2D eigenvalue weighted by Gasteiger charge is -1.98. The molecule has 10 heavy (non-hydrogen) atoms. The van der Waals surface area contributed by atoms with E-state index in [0.29, 0.717) is 0 Å². The van der Waals surface area contributed by atoms with E-state index in [9.17, 15) is 9.59 Å². The molecule has 0 saturated heterocycles. The van der Waals surface area contributed by atoms with Crippen molar-refractivity contribution in [2.24, 2.45) is 0 Å². The average Bonchev–Trinajstić information content (AvgIpc) is 2.67. The second kappa shape index (κ2) is 3.34. The maximum Gasteiger partial charge on any atom is 0.306 e. The summed E-state index contributed by atoms with van der Waals surface area (Å²) >= 11 is 0. The Morgan fingerprint density at radius 3 is 2.80 bits per heavy atom. The molecule has 1 fully saturated rings. The third-order valence-electron chi connectivity index (χ3n) is 1.29. The highest BCUT2D eigenvalue weighted by Gasteiger charge is 2.25. The standard InChI is InChI=1S/C7H10O3/c8-5-1-2-7(9)10-6-3-4-6/h5-6H,1-4H2. The largest absolute Gasteiger partial charge is 0.462 e. The monoisotopic (exact) mass is 142 g/mol. The van der Waals surface area contributed by atoms with Crippen LogP contribution in [0.15, 0.2) is 0 Å². The minimum atomic E-state index is -0.241. The SMILES string of the molecule is O=CCCC(=O)OC1CC1. The highest BCUT2D eigenvalue weighted by atomic mass is 16.5. The number of aldehydes is 1. The predicted molar refractivity (Wildman–Crippen MR) is 34.4 cm³/mol. The van der Waals surface area contributed by atoms with Gasteiger partial charge in [-0.15, -0.1) is 0 Å². The minimum Gasteiger partial charge on any atom is -0.462 e. The van der Waals surface area contributed by atoms with Crippen molar-refractivity contribution >= 4 is 12.3 Å². The number of carbonyl (C=O) groups is 2. The van der Waals surface area contributed by atoms with Crippen LogP contribution in [0, 0.1) is 0 Å². The van der Waals surface area contributed by atoms with E-state index in [1.54, 1.807) is 0 Å². The predicted octanol–water partition coefficient (Wildman–Crippen LogP) is 0.671. The first kappa shape index (κ1) is 7.25.